The maximum absolute atomic E-state index is 11.3. The maximum Gasteiger partial charge on any atom is 0.314 e. The first-order valence-corrected chi connectivity index (χ1v) is 5.34. The Balaban J connectivity index is 2.36. The van der Waals surface area contributed by atoms with Crippen LogP contribution in [-0.4, -0.2) is 16.1 Å². The summed E-state index contributed by atoms with van der Waals surface area (Å²) in [5.74, 6) is -0.517. The van der Waals surface area contributed by atoms with E-state index in [9.17, 15) is 9.90 Å². The zero-order valence-corrected chi connectivity index (χ0v) is 9.16. The SMILES string of the molecule is CCC1CC1(C(=O)O)c1ccc(Cl)nc1. The molecule has 0 saturated heterocycles. The van der Waals surface area contributed by atoms with Crippen LogP contribution in [0.2, 0.25) is 5.15 Å². The largest absolute Gasteiger partial charge is 0.481 e. The second-order valence-corrected chi connectivity index (χ2v) is 4.34. The predicted octanol–water partition coefficient (Wildman–Crippen LogP) is 2.49. The van der Waals surface area contributed by atoms with E-state index in [2.05, 4.69) is 4.98 Å². The van der Waals surface area contributed by atoms with Crippen molar-refractivity contribution in [1.29, 1.82) is 0 Å². The second-order valence-electron chi connectivity index (χ2n) is 3.96. The number of carboxylic acid groups (broad SMARTS) is 1. The van der Waals surface area contributed by atoms with Gasteiger partial charge in [-0.05, 0) is 24.0 Å². The summed E-state index contributed by atoms with van der Waals surface area (Å²) in [6.45, 7) is 2.01. The van der Waals surface area contributed by atoms with Crippen molar-refractivity contribution in [2.45, 2.75) is 25.2 Å². The van der Waals surface area contributed by atoms with Crippen molar-refractivity contribution in [1.82, 2.24) is 4.98 Å². The average Bonchev–Trinajstić information content (AvgIpc) is 2.94. The molecule has 80 valence electrons. The molecule has 0 aliphatic heterocycles. The average molecular weight is 226 g/mol. The van der Waals surface area contributed by atoms with Crippen LogP contribution in [-0.2, 0) is 10.2 Å². The number of carboxylic acids is 1. The van der Waals surface area contributed by atoms with E-state index in [0.29, 0.717) is 11.6 Å². The van der Waals surface area contributed by atoms with Gasteiger partial charge in [-0.2, -0.15) is 0 Å². The number of halogens is 1. The van der Waals surface area contributed by atoms with Crippen LogP contribution in [0.4, 0.5) is 0 Å². The summed E-state index contributed by atoms with van der Waals surface area (Å²) in [6, 6.07) is 3.41. The normalized spacial score (nSPS) is 28.8. The molecular formula is C11H12ClNO2. The number of carbonyl (C=O) groups is 1. The van der Waals surface area contributed by atoms with Gasteiger partial charge in [-0.1, -0.05) is 31.0 Å². The topological polar surface area (TPSA) is 50.2 Å². The van der Waals surface area contributed by atoms with Gasteiger partial charge in [0.2, 0.25) is 0 Å². The Labute approximate surface area is 93.1 Å². The molecule has 1 aliphatic rings. The highest BCUT2D eigenvalue weighted by atomic mass is 35.5. The number of hydrogen-bond acceptors (Lipinski definition) is 2. The van der Waals surface area contributed by atoms with E-state index < -0.39 is 11.4 Å². The van der Waals surface area contributed by atoms with Crippen LogP contribution in [0, 0.1) is 5.92 Å². The molecule has 1 aromatic heterocycles. The Hall–Kier alpha value is -1.09. The van der Waals surface area contributed by atoms with E-state index in [0.717, 1.165) is 12.0 Å². The molecule has 1 aromatic rings. The van der Waals surface area contributed by atoms with Crippen molar-refractivity contribution >= 4 is 17.6 Å². The quantitative estimate of drug-likeness (QED) is 0.805. The molecule has 1 saturated carbocycles. The van der Waals surface area contributed by atoms with Gasteiger partial charge < -0.3 is 5.11 Å². The summed E-state index contributed by atoms with van der Waals surface area (Å²) in [7, 11) is 0. The minimum atomic E-state index is -0.751. The number of rotatable bonds is 3. The van der Waals surface area contributed by atoms with Crippen molar-refractivity contribution in [3.63, 3.8) is 0 Å². The van der Waals surface area contributed by atoms with E-state index in [-0.39, 0.29) is 5.92 Å². The third-order valence-corrected chi connectivity index (χ3v) is 3.45. The molecule has 0 radical (unpaired) electrons. The molecule has 4 heteroatoms. The van der Waals surface area contributed by atoms with Crippen LogP contribution in [0.25, 0.3) is 0 Å². The summed E-state index contributed by atoms with van der Waals surface area (Å²) < 4.78 is 0. The number of hydrogen-bond donors (Lipinski definition) is 1. The van der Waals surface area contributed by atoms with Gasteiger partial charge in [0.05, 0.1) is 5.41 Å². The Bertz CT molecular complexity index is 390. The highest BCUT2D eigenvalue weighted by Gasteiger charge is 2.60. The third-order valence-electron chi connectivity index (χ3n) is 3.22. The lowest BCUT2D eigenvalue weighted by molar-refractivity contribution is -0.140. The predicted molar refractivity (Wildman–Crippen MR) is 57.0 cm³/mol. The molecule has 0 aromatic carbocycles. The highest BCUT2D eigenvalue weighted by Crippen LogP contribution is 2.56. The fourth-order valence-electron chi connectivity index (χ4n) is 2.20. The molecule has 3 nitrogen and oxygen atoms in total. The molecular weight excluding hydrogens is 214 g/mol. The van der Waals surface area contributed by atoms with Gasteiger partial charge in [0.25, 0.3) is 0 Å². The monoisotopic (exact) mass is 225 g/mol. The molecule has 1 N–H and O–H groups in total. The molecule has 2 rings (SSSR count). The second kappa shape index (κ2) is 3.49. The maximum atomic E-state index is 11.3. The molecule has 0 bridgehead atoms. The molecule has 2 unspecified atom stereocenters. The zero-order chi connectivity index (χ0) is 11.1. The van der Waals surface area contributed by atoms with Gasteiger partial charge in [0, 0.05) is 6.20 Å². The van der Waals surface area contributed by atoms with Gasteiger partial charge in [-0.3, -0.25) is 4.79 Å². The van der Waals surface area contributed by atoms with Crippen LogP contribution < -0.4 is 0 Å². The molecule has 15 heavy (non-hydrogen) atoms. The molecule has 0 amide bonds. The summed E-state index contributed by atoms with van der Waals surface area (Å²) in [5.41, 5.74) is 0.0676. The van der Waals surface area contributed by atoms with E-state index in [1.54, 1.807) is 18.3 Å². The van der Waals surface area contributed by atoms with Gasteiger partial charge in [0.1, 0.15) is 5.15 Å². The number of aromatic nitrogens is 1. The van der Waals surface area contributed by atoms with Crippen molar-refractivity contribution in [2.24, 2.45) is 5.92 Å². The van der Waals surface area contributed by atoms with Crippen molar-refractivity contribution in [3.8, 4) is 0 Å². The fraction of sp³-hybridized carbons (Fsp3) is 0.455. The van der Waals surface area contributed by atoms with Crippen molar-refractivity contribution in [2.75, 3.05) is 0 Å². The van der Waals surface area contributed by atoms with E-state index in [1.165, 1.54) is 0 Å². The standard InChI is InChI=1S/C11H12ClNO2/c1-2-7-5-11(7,10(14)15)8-3-4-9(12)13-6-8/h3-4,6-7H,2,5H2,1H3,(H,14,15). The van der Waals surface area contributed by atoms with Crippen molar-refractivity contribution in [3.05, 3.63) is 29.0 Å². The van der Waals surface area contributed by atoms with Gasteiger partial charge in [-0.15, -0.1) is 0 Å². The van der Waals surface area contributed by atoms with E-state index in [4.69, 9.17) is 11.6 Å². The summed E-state index contributed by atoms with van der Waals surface area (Å²) >= 11 is 5.67. The molecule has 1 fully saturated rings. The summed E-state index contributed by atoms with van der Waals surface area (Å²) in [6.07, 6.45) is 3.17. The Kier molecular flexibility index (Phi) is 2.43. The highest BCUT2D eigenvalue weighted by molar-refractivity contribution is 6.29. The first kappa shape index (κ1) is 10.4. The Morgan fingerprint density at radius 2 is 2.47 bits per heavy atom. The van der Waals surface area contributed by atoms with Gasteiger partial charge in [0.15, 0.2) is 0 Å². The Morgan fingerprint density at radius 1 is 1.73 bits per heavy atom. The minimum Gasteiger partial charge on any atom is -0.481 e. The summed E-state index contributed by atoms with van der Waals surface area (Å²) in [4.78, 5) is 15.2. The first-order chi connectivity index (χ1) is 7.11. The number of aliphatic carboxylic acids is 1. The molecule has 0 spiro atoms. The lowest BCUT2D eigenvalue weighted by Gasteiger charge is -2.11. The Morgan fingerprint density at radius 3 is 2.87 bits per heavy atom. The van der Waals surface area contributed by atoms with E-state index >= 15 is 0 Å². The van der Waals surface area contributed by atoms with Gasteiger partial charge in [-0.25, -0.2) is 4.98 Å². The van der Waals surface area contributed by atoms with Crippen molar-refractivity contribution < 1.29 is 9.90 Å². The zero-order valence-electron chi connectivity index (χ0n) is 8.40. The van der Waals surface area contributed by atoms with E-state index in [1.807, 2.05) is 6.92 Å². The van der Waals surface area contributed by atoms with Crippen LogP contribution in [0.1, 0.15) is 25.3 Å². The van der Waals surface area contributed by atoms with Gasteiger partial charge >= 0.3 is 5.97 Å². The number of nitrogens with zero attached hydrogens (tertiary/aromatic N) is 1. The molecule has 2 atom stereocenters. The molecule has 1 heterocycles. The first-order valence-electron chi connectivity index (χ1n) is 4.96. The third kappa shape index (κ3) is 1.51. The number of pyridine rings is 1. The van der Waals surface area contributed by atoms with Crippen LogP contribution >= 0.6 is 11.6 Å². The lowest BCUT2D eigenvalue weighted by atomic mass is 9.94. The smallest absolute Gasteiger partial charge is 0.314 e. The lowest BCUT2D eigenvalue weighted by Crippen LogP contribution is -2.22. The fourth-order valence-corrected chi connectivity index (χ4v) is 2.31. The van der Waals surface area contributed by atoms with Crippen LogP contribution in [0.15, 0.2) is 18.3 Å². The molecule has 1 aliphatic carbocycles. The van der Waals surface area contributed by atoms with Crippen LogP contribution in [0.3, 0.4) is 0 Å². The minimum absolute atomic E-state index is 0.234. The van der Waals surface area contributed by atoms with Crippen LogP contribution in [0.5, 0.6) is 0 Å². The summed E-state index contributed by atoms with van der Waals surface area (Å²) in [5, 5.41) is 9.66.